The highest BCUT2D eigenvalue weighted by Gasteiger charge is 2.45. The van der Waals surface area contributed by atoms with Crippen LogP contribution in [-0.2, 0) is 12.1 Å². The fraction of sp³-hybridized carbons (Fsp3) is 0.200. The zero-order chi connectivity index (χ0) is 19.7. The van der Waals surface area contributed by atoms with E-state index in [4.69, 9.17) is 39.4 Å². The van der Waals surface area contributed by atoms with E-state index >= 15 is 0 Å². The average molecular weight is 414 g/mol. The normalized spacial score (nSPS) is 14.5. The van der Waals surface area contributed by atoms with Gasteiger partial charge in [-0.2, -0.15) is 0 Å². The number of nitrogens with one attached hydrogen (secondary N) is 3. The highest BCUT2D eigenvalue weighted by Crippen LogP contribution is 2.46. The molecule has 0 saturated heterocycles. The lowest BCUT2D eigenvalue weighted by Crippen LogP contribution is -2.38. The number of halogens is 1. The second-order valence-corrected chi connectivity index (χ2v) is 7.73. The Hall–Kier alpha value is -2.77. The van der Waals surface area contributed by atoms with Crippen LogP contribution in [0.3, 0.4) is 0 Å². The third-order valence-corrected chi connectivity index (χ3v) is 5.39. The van der Waals surface area contributed by atoms with E-state index in [0.29, 0.717) is 22.4 Å². The molecule has 0 amide bonds. The molecular weight excluding hydrogens is 394 g/mol. The first-order valence-corrected chi connectivity index (χ1v) is 9.67. The second kappa shape index (κ2) is 7.33. The number of benzene rings is 2. The van der Waals surface area contributed by atoms with Crippen LogP contribution < -0.4 is 22.1 Å². The Balaban J connectivity index is 1.48. The first-order chi connectivity index (χ1) is 13.5. The predicted molar refractivity (Wildman–Crippen MR) is 114 cm³/mol. The van der Waals surface area contributed by atoms with Crippen LogP contribution in [-0.4, -0.2) is 9.68 Å². The summed E-state index contributed by atoms with van der Waals surface area (Å²) in [5.41, 5.74) is 9.57. The lowest BCUT2D eigenvalue weighted by Gasteiger charge is -2.22. The maximum atomic E-state index is 7.74. The molecule has 8 heteroatoms. The Kier molecular flexibility index (Phi) is 4.87. The van der Waals surface area contributed by atoms with Gasteiger partial charge in [0.05, 0.1) is 23.5 Å². The second-order valence-electron chi connectivity index (χ2n) is 6.89. The molecule has 6 nitrogen and oxygen atoms in total. The van der Waals surface area contributed by atoms with Gasteiger partial charge in [-0.25, -0.2) is 0 Å². The van der Waals surface area contributed by atoms with E-state index in [1.165, 1.54) is 6.26 Å². The molecule has 1 saturated carbocycles. The van der Waals surface area contributed by atoms with Crippen molar-refractivity contribution in [3.05, 3.63) is 76.8 Å². The molecule has 28 heavy (non-hydrogen) atoms. The van der Waals surface area contributed by atoms with Gasteiger partial charge in [-0.05, 0) is 54.4 Å². The number of para-hydroxylation sites is 1. The van der Waals surface area contributed by atoms with Gasteiger partial charge in [0.1, 0.15) is 6.26 Å². The predicted octanol–water partition coefficient (Wildman–Crippen LogP) is 3.82. The number of rotatable bonds is 5. The van der Waals surface area contributed by atoms with Crippen molar-refractivity contribution in [2.75, 3.05) is 11.1 Å². The summed E-state index contributed by atoms with van der Waals surface area (Å²) in [6, 6.07) is 13.6. The lowest BCUT2D eigenvalue weighted by molar-refractivity contribution is 0.458. The highest BCUT2D eigenvalue weighted by atomic mass is 35.5. The van der Waals surface area contributed by atoms with Crippen LogP contribution in [0.15, 0.2) is 59.3 Å². The number of hydrogen-bond donors (Lipinski definition) is 4. The topological polar surface area (TPSA) is 92.0 Å². The number of nitrogens with zero attached hydrogens (tertiary/aromatic N) is 1. The lowest BCUT2D eigenvalue weighted by atomic mass is 10.1. The molecule has 0 unspecified atom stereocenters. The van der Waals surface area contributed by atoms with Gasteiger partial charge in [0, 0.05) is 11.2 Å². The van der Waals surface area contributed by atoms with E-state index in [2.05, 4.69) is 16.7 Å². The number of anilines is 2. The van der Waals surface area contributed by atoms with Crippen LogP contribution in [0, 0.1) is 5.41 Å². The summed E-state index contributed by atoms with van der Waals surface area (Å²) in [6.45, 7) is 0.448. The summed E-state index contributed by atoms with van der Waals surface area (Å²) in [5.74, 6) is 0. The van der Waals surface area contributed by atoms with Gasteiger partial charge in [-0.3, -0.25) is 9.98 Å². The van der Waals surface area contributed by atoms with Crippen molar-refractivity contribution in [3.63, 3.8) is 0 Å². The molecule has 1 heterocycles. The summed E-state index contributed by atoms with van der Waals surface area (Å²) in [5, 5.41) is 15.6. The van der Waals surface area contributed by atoms with Gasteiger partial charge in [0.2, 0.25) is 0 Å². The first-order valence-electron chi connectivity index (χ1n) is 8.88. The quantitative estimate of drug-likeness (QED) is 0.377. The van der Waals surface area contributed by atoms with Crippen LogP contribution in [0.25, 0.3) is 0 Å². The molecule has 1 aliphatic rings. The molecular formula is C20H20ClN5OS. The summed E-state index contributed by atoms with van der Waals surface area (Å²) >= 11 is 11.7. The van der Waals surface area contributed by atoms with E-state index in [9.17, 15) is 0 Å². The van der Waals surface area contributed by atoms with Crippen molar-refractivity contribution in [1.29, 1.82) is 5.41 Å². The third-order valence-electron chi connectivity index (χ3n) is 4.95. The van der Waals surface area contributed by atoms with Gasteiger partial charge in [-0.15, -0.1) is 0 Å². The van der Waals surface area contributed by atoms with E-state index in [0.717, 1.165) is 29.7 Å². The van der Waals surface area contributed by atoms with Crippen LogP contribution in [0.1, 0.15) is 24.0 Å². The monoisotopic (exact) mass is 413 g/mol. The summed E-state index contributed by atoms with van der Waals surface area (Å²) < 4.78 is 6.69. The van der Waals surface area contributed by atoms with Crippen LogP contribution >= 0.6 is 23.8 Å². The van der Waals surface area contributed by atoms with Crippen molar-refractivity contribution >= 4 is 40.3 Å². The number of hydrogen-bond acceptors (Lipinski definition) is 4. The van der Waals surface area contributed by atoms with Crippen molar-refractivity contribution < 1.29 is 4.42 Å². The molecule has 0 spiro atoms. The minimum absolute atomic E-state index is 0.0761. The molecule has 2 aromatic carbocycles. The van der Waals surface area contributed by atoms with Crippen LogP contribution in [0.4, 0.5) is 11.4 Å². The van der Waals surface area contributed by atoms with Gasteiger partial charge in [-0.1, -0.05) is 35.9 Å². The van der Waals surface area contributed by atoms with Gasteiger partial charge in [0.15, 0.2) is 5.11 Å². The van der Waals surface area contributed by atoms with E-state index in [1.54, 1.807) is 10.8 Å². The zero-order valence-corrected chi connectivity index (χ0v) is 16.6. The van der Waals surface area contributed by atoms with Crippen LogP contribution in [0.2, 0.25) is 5.02 Å². The van der Waals surface area contributed by atoms with E-state index in [-0.39, 0.29) is 11.2 Å². The smallest absolute Gasteiger partial charge is 0.293 e. The van der Waals surface area contributed by atoms with Crippen molar-refractivity contribution in [2.45, 2.75) is 24.9 Å². The summed E-state index contributed by atoms with van der Waals surface area (Å²) in [7, 11) is 0. The molecule has 0 radical (unpaired) electrons. The number of nitrogens with two attached hydrogens (primary N) is 1. The van der Waals surface area contributed by atoms with E-state index < -0.39 is 0 Å². The number of aromatic nitrogens is 1. The summed E-state index contributed by atoms with van der Waals surface area (Å²) in [4.78, 5) is 0. The molecule has 144 valence electrons. The molecule has 0 aliphatic heterocycles. The Labute approximate surface area is 172 Å². The van der Waals surface area contributed by atoms with Crippen molar-refractivity contribution in [3.8, 4) is 0 Å². The Morgan fingerprint density at radius 2 is 2.07 bits per heavy atom. The molecule has 0 bridgehead atoms. The number of oxazole rings is 1. The maximum Gasteiger partial charge on any atom is 0.293 e. The van der Waals surface area contributed by atoms with E-state index in [1.807, 2.05) is 36.4 Å². The van der Waals surface area contributed by atoms with Gasteiger partial charge >= 0.3 is 0 Å². The van der Waals surface area contributed by atoms with Crippen molar-refractivity contribution in [1.82, 2.24) is 9.88 Å². The zero-order valence-electron chi connectivity index (χ0n) is 15.0. The minimum atomic E-state index is -0.172. The standard InChI is InChI=1S/C20H20ClN5OS/c21-15-5-2-4-14(11-15)20(7-8-20)25-19(28)24-16-6-1-3-13(17(16)22)12-26-9-10-27-18(26)23/h1-6,9-11,23H,7-8,12,22H2,(H2,24,25,28). The SMILES string of the molecule is N=c1occn1Cc1cccc(NC(=S)NC2(c3cccc(Cl)c3)CC2)c1N. The molecule has 1 aromatic heterocycles. The van der Waals surface area contributed by atoms with Gasteiger partial charge < -0.3 is 20.8 Å². The van der Waals surface area contributed by atoms with Crippen LogP contribution in [0.5, 0.6) is 0 Å². The molecule has 1 fully saturated rings. The third kappa shape index (κ3) is 3.76. The van der Waals surface area contributed by atoms with Crippen molar-refractivity contribution in [2.24, 2.45) is 0 Å². The first kappa shape index (κ1) is 18.6. The Morgan fingerprint density at radius 3 is 2.75 bits per heavy atom. The largest absolute Gasteiger partial charge is 0.432 e. The fourth-order valence-corrected chi connectivity index (χ4v) is 3.74. The molecule has 1 aliphatic carbocycles. The highest BCUT2D eigenvalue weighted by molar-refractivity contribution is 7.80. The number of nitrogen functional groups attached to an aromatic ring is 1. The molecule has 5 N–H and O–H groups in total. The summed E-state index contributed by atoms with van der Waals surface area (Å²) in [6.07, 6.45) is 5.17. The van der Waals surface area contributed by atoms with Gasteiger partial charge in [0.25, 0.3) is 5.68 Å². The average Bonchev–Trinajstić information content (AvgIpc) is 3.33. The number of thiocarbonyl (C=S) groups is 1. The maximum absolute atomic E-state index is 7.74. The Bertz CT molecular complexity index is 1090. The molecule has 4 rings (SSSR count). The Morgan fingerprint density at radius 1 is 1.29 bits per heavy atom. The molecule has 0 atom stereocenters. The minimum Gasteiger partial charge on any atom is -0.432 e. The molecule has 3 aromatic rings. The fourth-order valence-electron chi connectivity index (χ4n) is 3.24.